The van der Waals surface area contributed by atoms with Crippen LogP contribution in [0.1, 0.15) is 37.5 Å². The topological polar surface area (TPSA) is 42.2 Å². The van der Waals surface area contributed by atoms with Gasteiger partial charge in [-0.2, -0.15) is 0 Å². The molecule has 92 valence electrons. The molecule has 2 rings (SSSR count). The number of nitrogen functional groups attached to an aromatic ring is 1. The molecule has 16 heavy (non-hydrogen) atoms. The van der Waals surface area contributed by atoms with E-state index in [1.54, 1.807) is 11.3 Å². The summed E-state index contributed by atoms with van der Waals surface area (Å²) in [5.41, 5.74) is 6.02. The lowest BCUT2D eigenvalue weighted by Crippen LogP contribution is -2.40. The quantitative estimate of drug-likeness (QED) is 0.910. The molecule has 0 radical (unpaired) electrons. The van der Waals surface area contributed by atoms with Crippen LogP contribution in [0.4, 0.5) is 5.13 Å². The van der Waals surface area contributed by atoms with Gasteiger partial charge in [-0.1, -0.05) is 12.8 Å². The molecule has 1 aliphatic rings. The second-order valence-electron chi connectivity index (χ2n) is 4.72. The fourth-order valence-electron chi connectivity index (χ4n) is 2.34. The first-order valence-electron chi connectivity index (χ1n) is 5.52. The summed E-state index contributed by atoms with van der Waals surface area (Å²) in [6.45, 7) is 3.34. The van der Waals surface area contributed by atoms with Gasteiger partial charge in [0.1, 0.15) is 0 Å². The number of anilines is 1. The molecule has 1 fully saturated rings. The van der Waals surface area contributed by atoms with Crippen LogP contribution in [-0.4, -0.2) is 22.5 Å². The van der Waals surface area contributed by atoms with Crippen molar-refractivity contribution in [3.63, 3.8) is 0 Å². The zero-order valence-corrected chi connectivity index (χ0v) is 11.5. The minimum absolute atomic E-state index is 0. The molecule has 0 spiro atoms. The fourth-order valence-corrected chi connectivity index (χ4v) is 3.08. The first-order valence-corrected chi connectivity index (χ1v) is 6.33. The minimum atomic E-state index is 0. The van der Waals surface area contributed by atoms with Gasteiger partial charge in [0, 0.05) is 23.2 Å². The van der Waals surface area contributed by atoms with Crippen LogP contribution in [-0.2, 0) is 6.54 Å². The van der Waals surface area contributed by atoms with Crippen LogP contribution in [0.25, 0.3) is 0 Å². The van der Waals surface area contributed by atoms with Crippen molar-refractivity contribution in [1.82, 2.24) is 9.88 Å². The van der Waals surface area contributed by atoms with Gasteiger partial charge >= 0.3 is 0 Å². The monoisotopic (exact) mass is 261 g/mol. The van der Waals surface area contributed by atoms with Crippen LogP contribution in [0.2, 0.25) is 0 Å². The average molecular weight is 262 g/mol. The zero-order chi connectivity index (χ0) is 10.9. The van der Waals surface area contributed by atoms with E-state index in [0.29, 0.717) is 10.7 Å². The summed E-state index contributed by atoms with van der Waals surface area (Å²) >= 11 is 1.60. The largest absolute Gasteiger partial charge is 0.375 e. The van der Waals surface area contributed by atoms with Crippen molar-refractivity contribution >= 4 is 28.9 Å². The highest BCUT2D eigenvalue weighted by Gasteiger charge is 2.32. The molecule has 0 amide bonds. The molecule has 1 heterocycles. The standard InChI is InChI=1S/C11H19N3S.ClH/c1-11(5-3-4-6-11)14(2)8-9-7-13-10(12)15-9;/h7H,3-6,8H2,1-2H3,(H2,12,13);1H. The normalized spacial score (nSPS) is 18.7. The number of thiazole rings is 1. The van der Waals surface area contributed by atoms with Crippen molar-refractivity contribution in [2.75, 3.05) is 12.8 Å². The maximum Gasteiger partial charge on any atom is 0.180 e. The Morgan fingerprint density at radius 3 is 2.62 bits per heavy atom. The molecule has 1 aromatic heterocycles. The van der Waals surface area contributed by atoms with Gasteiger partial charge in [0.25, 0.3) is 0 Å². The lowest BCUT2D eigenvalue weighted by Gasteiger charge is -2.35. The van der Waals surface area contributed by atoms with E-state index in [1.165, 1.54) is 30.6 Å². The third kappa shape index (κ3) is 2.87. The molecule has 5 heteroatoms. The minimum Gasteiger partial charge on any atom is -0.375 e. The molecular formula is C11H20ClN3S. The number of halogens is 1. The highest BCUT2D eigenvalue weighted by atomic mass is 35.5. The first-order chi connectivity index (χ1) is 7.10. The Balaban J connectivity index is 0.00000128. The summed E-state index contributed by atoms with van der Waals surface area (Å²) in [7, 11) is 2.21. The summed E-state index contributed by atoms with van der Waals surface area (Å²) in [6, 6.07) is 0. The number of nitrogens with zero attached hydrogens (tertiary/aromatic N) is 2. The van der Waals surface area contributed by atoms with Crippen LogP contribution < -0.4 is 5.73 Å². The van der Waals surface area contributed by atoms with Gasteiger partial charge < -0.3 is 5.73 Å². The lowest BCUT2D eigenvalue weighted by atomic mass is 9.99. The van der Waals surface area contributed by atoms with Gasteiger partial charge in [0.15, 0.2) is 5.13 Å². The van der Waals surface area contributed by atoms with Crippen LogP contribution in [0.5, 0.6) is 0 Å². The van der Waals surface area contributed by atoms with E-state index in [0.717, 1.165) is 6.54 Å². The number of hydrogen-bond donors (Lipinski definition) is 1. The summed E-state index contributed by atoms with van der Waals surface area (Å²) in [5, 5.41) is 0.676. The van der Waals surface area contributed by atoms with E-state index >= 15 is 0 Å². The van der Waals surface area contributed by atoms with Crippen LogP contribution in [0.3, 0.4) is 0 Å². The Hall–Kier alpha value is -0.320. The predicted octanol–water partition coefficient (Wildman–Crippen LogP) is 2.91. The lowest BCUT2D eigenvalue weighted by molar-refractivity contribution is 0.136. The molecule has 2 N–H and O–H groups in total. The summed E-state index contributed by atoms with van der Waals surface area (Å²) in [5.74, 6) is 0. The molecule has 1 aliphatic carbocycles. The fraction of sp³-hybridized carbons (Fsp3) is 0.727. The number of rotatable bonds is 3. The summed E-state index contributed by atoms with van der Waals surface area (Å²) in [6.07, 6.45) is 7.27. The summed E-state index contributed by atoms with van der Waals surface area (Å²) < 4.78 is 0. The maximum absolute atomic E-state index is 5.63. The van der Waals surface area contributed by atoms with Gasteiger partial charge in [0.05, 0.1) is 0 Å². The second-order valence-corrected chi connectivity index (χ2v) is 5.87. The molecule has 0 unspecified atom stereocenters. The molecule has 0 aromatic carbocycles. The molecule has 0 bridgehead atoms. The Morgan fingerprint density at radius 1 is 1.50 bits per heavy atom. The van der Waals surface area contributed by atoms with Crippen molar-refractivity contribution < 1.29 is 0 Å². The molecule has 1 saturated carbocycles. The first kappa shape index (κ1) is 13.7. The number of nitrogens with two attached hydrogens (primary N) is 1. The van der Waals surface area contributed by atoms with E-state index in [-0.39, 0.29) is 12.4 Å². The van der Waals surface area contributed by atoms with Crippen LogP contribution >= 0.6 is 23.7 Å². The summed E-state index contributed by atoms with van der Waals surface area (Å²) in [4.78, 5) is 7.81. The molecule has 0 aliphatic heterocycles. The Morgan fingerprint density at radius 2 is 2.12 bits per heavy atom. The van der Waals surface area contributed by atoms with Gasteiger partial charge in [-0.3, -0.25) is 4.90 Å². The van der Waals surface area contributed by atoms with Crippen molar-refractivity contribution in [3.05, 3.63) is 11.1 Å². The molecule has 0 atom stereocenters. The molecule has 1 aromatic rings. The maximum atomic E-state index is 5.63. The van der Waals surface area contributed by atoms with E-state index in [1.807, 2.05) is 6.20 Å². The third-order valence-corrected chi connectivity index (χ3v) is 4.38. The number of aromatic nitrogens is 1. The smallest absolute Gasteiger partial charge is 0.180 e. The van der Waals surface area contributed by atoms with Crippen LogP contribution in [0, 0.1) is 0 Å². The Bertz CT molecular complexity index is 334. The van der Waals surface area contributed by atoms with Gasteiger partial charge in [-0.15, -0.1) is 23.7 Å². The van der Waals surface area contributed by atoms with Crippen molar-refractivity contribution in [2.24, 2.45) is 0 Å². The third-order valence-electron chi connectivity index (χ3n) is 3.57. The molecular weight excluding hydrogens is 242 g/mol. The zero-order valence-electron chi connectivity index (χ0n) is 9.90. The number of hydrogen-bond acceptors (Lipinski definition) is 4. The van der Waals surface area contributed by atoms with Crippen molar-refractivity contribution in [2.45, 2.75) is 44.7 Å². The molecule has 0 saturated heterocycles. The Labute approximate surface area is 107 Å². The van der Waals surface area contributed by atoms with E-state index < -0.39 is 0 Å². The highest BCUT2D eigenvalue weighted by molar-refractivity contribution is 7.15. The van der Waals surface area contributed by atoms with Crippen LogP contribution in [0.15, 0.2) is 6.20 Å². The van der Waals surface area contributed by atoms with Gasteiger partial charge in [-0.05, 0) is 26.8 Å². The predicted molar refractivity (Wildman–Crippen MR) is 72.1 cm³/mol. The second kappa shape index (κ2) is 5.34. The molecule has 3 nitrogen and oxygen atoms in total. The van der Waals surface area contributed by atoms with E-state index in [4.69, 9.17) is 5.73 Å². The van der Waals surface area contributed by atoms with E-state index in [2.05, 4.69) is 23.9 Å². The van der Waals surface area contributed by atoms with Gasteiger partial charge in [-0.25, -0.2) is 4.98 Å². The van der Waals surface area contributed by atoms with Gasteiger partial charge in [0.2, 0.25) is 0 Å². The van der Waals surface area contributed by atoms with Crippen molar-refractivity contribution in [3.8, 4) is 0 Å². The van der Waals surface area contributed by atoms with E-state index in [9.17, 15) is 0 Å². The van der Waals surface area contributed by atoms with Crippen molar-refractivity contribution in [1.29, 1.82) is 0 Å². The SMILES string of the molecule is CN(Cc1cnc(N)s1)C1(C)CCCC1.Cl. The Kier molecular flexibility index (Phi) is 4.59. The average Bonchev–Trinajstić information content (AvgIpc) is 2.76. The highest BCUT2D eigenvalue weighted by Crippen LogP contribution is 2.35.